The van der Waals surface area contributed by atoms with E-state index < -0.39 is 0 Å². The number of alkyl halides is 1. The summed E-state index contributed by atoms with van der Waals surface area (Å²) in [4.78, 5) is 6.87. The van der Waals surface area contributed by atoms with Crippen LogP contribution in [0.25, 0.3) is 10.8 Å². The van der Waals surface area contributed by atoms with Crippen LogP contribution in [-0.4, -0.2) is 30.6 Å². The average Bonchev–Trinajstić information content (AvgIpc) is 2.49. The van der Waals surface area contributed by atoms with Gasteiger partial charge in [-0.2, -0.15) is 0 Å². The molecule has 0 saturated carbocycles. The predicted octanol–water partition coefficient (Wildman–Crippen LogP) is 3.70. The Kier molecular flexibility index (Phi) is 3.70. The molecule has 1 aromatic heterocycles. The summed E-state index contributed by atoms with van der Waals surface area (Å²) < 4.78 is 5.44. The summed E-state index contributed by atoms with van der Waals surface area (Å²) in [5, 5.41) is 2.42. The van der Waals surface area contributed by atoms with Crippen molar-refractivity contribution in [1.29, 1.82) is 0 Å². The molecule has 0 spiro atoms. The highest BCUT2D eigenvalue weighted by atomic mass is 35.5. The molecule has 106 valence electrons. The van der Waals surface area contributed by atoms with Crippen molar-refractivity contribution in [2.45, 2.75) is 18.7 Å². The van der Waals surface area contributed by atoms with Crippen molar-refractivity contribution in [2.24, 2.45) is 5.92 Å². The molecule has 3 nitrogen and oxygen atoms in total. The Morgan fingerprint density at radius 1 is 1.30 bits per heavy atom. The molecule has 1 aliphatic heterocycles. The molecule has 1 aliphatic rings. The van der Waals surface area contributed by atoms with Crippen LogP contribution in [-0.2, 0) is 0 Å². The minimum Gasteiger partial charge on any atom is -0.496 e. The molecule has 0 bridgehead atoms. The van der Waals surface area contributed by atoms with Crippen LogP contribution in [0.3, 0.4) is 0 Å². The van der Waals surface area contributed by atoms with Crippen LogP contribution in [0.4, 0.5) is 5.82 Å². The average molecular weight is 291 g/mol. The van der Waals surface area contributed by atoms with Gasteiger partial charge in [0.1, 0.15) is 11.6 Å². The van der Waals surface area contributed by atoms with Crippen molar-refractivity contribution in [3.8, 4) is 5.75 Å². The van der Waals surface area contributed by atoms with Crippen molar-refractivity contribution >= 4 is 28.2 Å². The number of rotatable bonds is 2. The number of halogens is 1. The second-order valence-corrected chi connectivity index (χ2v) is 5.98. The third-order valence-electron chi connectivity index (χ3n) is 4.13. The molecule has 2 unspecified atom stereocenters. The summed E-state index contributed by atoms with van der Waals surface area (Å²) in [6.45, 7) is 4.08. The third kappa shape index (κ3) is 2.31. The summed E-state index contributed by atoms with van der Waals surface area (Å²) >= 11 is 6.43. The lowest BCUT2D eigenvalue weighted by molar-refractivity contribution is 0.419. The summed E-state index contributed by atoms with van der Waals surface area (Å²) in [6, 6.07) is 8.09. The minimum atomic E-state index is 0.186. The fourth-order valence-electron chi connectivity index (χ4n) is 2.81. The third-order valence-corrected chi connectivity index (χ3v) is 4.70. The van der Waals surface area contributed by atoms with Crippen molar-refractivity contribution in [2.75, 3.05) is 25.1 Å². The van der Waals surface area contributed by atoms with Gasteiger partial charge in [0.25, 0.3) is 0 Å². The van der Waals surface area contributed by atoms with Crippen LogP contribution in [0.1, 0.15) is 13.3 Å². The Bertz CT molecular complexity index is 616. The molecule has 1 saturated heterocycles. The van der Waals surface area contributed by atoms with Gasteiger partial charge in [-0.05, 0) is 24.5 Å². The van der Waals surface area contributed by atoms with Gasteiger partial charge in [0, 0.05) is 30.1 Å². The van der Waals surface area contributed by atoms with Gasteiger partial charge in [-0.25, -0.2) is 4.98 Å². The molecular weight excluding hydrogens is 272 g/mol. The monoisotopic (exact) mass is 290 g/mol. The summed E-state index contributed by atoms with van der Waals surface area (Å²) in [5.41, 5.74) is 0. The lowest BCUT2D eigenvalue weighted by Gasteiger charge is -2.35. The van der Waals surface area contributed by atoms with Crippen LogP contribution in [0.2, 0.25) is 0 Å². The number of hydrogen-bond acceptors (Lipinski definition) is 3. The van der Waals surface area contributed by atoms with Gasteiger partial charge in [0.15, 0.2) is 0 Å². The first-order valence-corrected chi connectivity index (χ1v) is 7.45. The number of nitrogens with zero attached hydrogens (tertiary/aromatic N) is 2. The SMILES string of the molecule is COc1cccc2c(N3CCC(C)C(Cl)C3)nccc12. The quantitative estimate of drug-likeness (QED) is 0.789. The van der Waals surface area contributed by atoms with Crippen LogP contribution < -0.4 is 9.64 Å². The molecule has 2 aromatic rings. The van der Waals surface area contributed by atoms with E-state index in [-0.39, 0.29) is 5.38 Å². The largest absolute Gasteiger partial charge is 0.496 e. The smallest absolute Gasteiger partial charge is 0.136 e. The molecule has 20 heavy (non-hydrogen) atoms. The Balaban J connectivity index is 2.04. The van der Waals surface area contributed by atoms with Gasteiger partial charge in [-0.3, -0.25) is 0 Å². The second kappa shape index (κ2) is 5.49. The highest BCUT2D eigenvalue weighted by Gasteiger charge is 2.26. The van der Waals surface area contributed by atoms with Gasteiger partial charge < -0.3 is 9.64 Å². The molecule has 1 fully saturated rings. The van der Waals surface area contributed by atoms with E-state index in [1.165, 1.54) is 0 Å². The molecule has 3 rings (SSSR count). The zero-order chi connectivity index (χ0) is 14.1. The molecule has 2 heterocycles. The van der Waals surface area contributed by atoms with E-state index in [4.69, 9.17) is 16.3 Å². The first-order chi connectivity index (χ1) is 9.70. The van der Waals surface area contributed by atoms with Crippen LogP contribution in [0, 0.1) is 5.92 Å². The predicted molar refractivity (Wildman–Crippen MR) is 83.9 cm³/mol. The van der Waals surface area contributed by atoms with Crippen LogP contribution >= 0.6 is 11.6 Å². The van der Waals surface area contributed by atoms with Crippen molar-refractivity contribution in [1.82, 2.24) is 4.98 Å². The van der Waals surface area contributed by atoms with Crippen LogP contribution in [0.15, 0.2) is 30.5 Å². The van der Waals surface area contributed by atoms with Gasteiger partial charge in [-0.1, -0.05) is 19.1 Å². The lowest BCUT2D eigenvalue weighted by Crippen LogP contribution is -2.40. The normalized spacial score (nSPS) is 23.1. The van der Waals surface area contributed by atoms with Gasteiger partial charge in [-0.15, -0.1) is 11.6 Å². The zero-order valence-corrected chi connectivity index (χ0v) is 12.6. The van der Waals surface area contributed by atoms with Gasteiger partial charge >= 0.3 is 0 Å². The second-order valence-electron chi connectivity index (χ2n) is 5.42. The molecule has 2 atom stereocenters. The van der Waals surface area contributed by atoms with Crippen molar-refractivity contribution in [3.05, 3.63) is 30.5 Å². The molecule has 1 aromatic carbocycles. The Morgan fingerprint density at radius 3 is 2.90 bits per heavy atom. The fraction of sp³-hybridized carbons (Fsp3) is 0.438. The molecule has 0 N–H and O–H groups in total. The zero-order valence-electron chi connectivity index (χ0n) is 11.8. The molecule has 0 radical (unpaired) electrons. The van der Waals surface area contributed by atoms with E-state index in [1.807, 2.05) is 24.4 Å². The van der Waals surface area contributed by atoms with E-state index in [0.717, 1.165) is 41.9 Å². The van der Waals surface area contributed by atoms with Gasteiger partial charge in [0.2, 0.25) is 0 Å². The molecule has 0 aliphatic carbocycles. The van der Waals surface area contributed by atoms with Crippen LogP contribution in [0.5, 0.6) is 5.75 Å². The van der Waals surface area contributed by atoms with E-state index in [1.54, 1.807) is 7.11 Å². The molecular formula is C16H19ClN2O. The van der Waals surface area contributed by atoms with Gasteiger partial charge in [0.05, 0.1) is 12.5 Å². The Hall–Kier alpha value is -1.48. The highest BCUT2D eigenvalue weighted by Crippen LogP contribution is 2.33. The number of pyridine rings is 1. The van der Waals surface area contributed by atoms with E-state index in [9.17, 15) is 0 Å². The highest BCUT2D eigenvalue weighted by molar-refractivity contribution is 6.21. The number of aromatic nitrogens is 1. The number of ether oxygens (including phenoxy) is 1. The topological polar surface area (TPSA) is 25.4 Å². The summed E-state index contributed by atoms with van der Waals surface area (Å²) in [6.07, 6.45) is 2.96. The first kappa shape index (κ1) is 13.5. The van der Waals surface area contributed by atoms with Crippen molar-refractivity contribution in [3.63, 3.8) is 0 Å². The summed E-state index contributed by atoms with van der Waals surface area (Å²) in [5.74, 6) is 2.47. The maximum atomic E-state index is 6.43. The van der Waals surface area contributed by atoms with Crippen molar-refractivity contribution < 1.29 is 4.74 Å². The number of benzene rings is 1. The maximum Gasteiger partial charge on any atom is 0.136 e. The minimum absolute atomic E-state index is 0.186. The lowest BCUT2D eigenvalue weighted by atomic mass is 9.98. The Morgan fingerprint density at radius 2 is 2.15 bits per heavy atom. The number of methoxy groups -OCH3 is 1. The fourth-order valence-corrected chi connectivity index (χ4v) is 3.10. The number of piperidine rings is 1. The standard InChI is InChI=1S/C16H19ClN2O/c1-11-7-9-19(10-14(11)17)16-13-4-3-5-15(20-2)12(13)6-8-18-16/h3-6,8,11,14H,7,9-10H2,1-2H3. The van der Waals surface area contributed by atoms with E-state index in [0.29, 0.717) is 5.92 Å². The summed E-state index contributed by atoms with van der Waals surface area (Å²) in [7, 11) is 1.70. The number of hydrogen-bond donors (Lipinski definition) is 0. The molecule has 4 heteroatoms. The first-order valence-electron chi connectivity index (χ1n) is 7.01. The maximum absolute atomic E-state index is 6.43. The number of anilines is 1. The molecule has 0 amide bonds. The Labute approximate surface area is 124 Å². The van der Waals surface area contributed by atoms with E-state index in [2.05, 4.69) is 22.9 Å². The van der Waals surface area contributed by atoms with E-state index >= 15 is 0 Å². The number of fused-ring (bicyclic) bond motifs is 1.